The molecule has 3 N–H and O–H groups in total. The smallest absolute Gasteiger partial charge is 0.306 e. The Bertz CT molecular complexity index is 1730. The van der Waals surface area contributed by atoms with Crippen molar-refractivity contribution >= 4 is 34.9 Å². The zero-order valence-corrected chi connectivity index (χ0v) is 35.7. The van der Waals surface area contributed by atoms with Crippen molar-refractivity contribution in [1.82, 2.24) is 20.1 Å². The third-order valence-corrected chi connectivity index (χ3v) is 12.6. The minimum atomic E-state index is -1.06. The van der Waals surface area contributed by atoms with Gasteiger partial charge in [-0.25, -0.2) is 4.98 Å². The van der Waals surface area contributed by atoms with Gasteiger partial charge in [0, 0.05) is 49.9 Å². The minimum absolute atomic E-state index is 0.0193. The first-order chi connectivity index (χ1) is 27.2. The molecule has 2 aromatic carbocycles. The Morgan fingerprint density at radius 1 is 1.00 bits per heavy atom. The van der Waals surface area contributed by atoms with Crippen molar-refractivity contribution in [2.45, 2.75) is 110 Å². The Balaban J connectivity index is 1.49. The van der Waals surface area contributed by atoms with Gasteiger partial charge in [-0.15, -0.1) is 11.3 Å². The zero-order valence-electron chi connectivity index (χ0n) is 34.9. The molecule has 0 spiro atoms. The summed E-state index contributed by atoms with van der Waals surface area (Å²) in [5.41, 5.74) is 3.25. The van der Waals surface area contributed by atoms with Crippen LogP contribution in [0.1, 0.15) is 107 Å². The number of carboxylic acid groups (broad SMARTS) is 1. The molecular formula is C45H64N4O7S. The Morgan fingerprint density at radius 2 is 1.68 bits per heavy atom. The molecule has 12 heteroatoms. The number of hydrogen-bond acceptors (Lipinski definition) is 9. The fourth-order valence-corrected chi connectivity index (χ4v) is 8.65. The van der Waals surface area contributed by atoms with Crippen LogP contribution in [0.15, 0.2) is 60.0 Å². The normalized spacial score (nSPS) is 17.9. The number of likely N-dealkylation sites (tertiary alicyclic amines) is 1. The molecule has 3 unspecified atom stereocenters. The lowest BCUT2D eigenvalue weighted by atomic mass is 9.82. The van der Waals surface area contributed by atoms with Crippen molar-refractivity contribution in [2.75, 3.05) is 33.9 Å². The molecule has 2 amide bonds. The maximum atomic E-state index is 14.6. The van der Waals surface area contributed by atoms with Crippen molar-refractivity contribution in [1.29, 1.82) is 0 Å². The van der Waals surface area contributed by atoms with Crippen LogP contribution in [0.5, 0.6) is 0 Å². The van der Waals surface area contributed by atoms with E-state index in [0.717, 1.165) is 48.9 Å². The number of piperidine rings is 1. The molecule has 1 aliphatic rings. The van der Waals surface area contributed by atoms with E-state index in [4.69, 9.17) is 4.74 Å². The molecule has 0 saturated carbocycles. The average Bonchev–Trinajstić information content (AvgIpc) is 3.71. The minimum Gasteiger partial charge on any atom is -0.481 e. The standard InChI is InChI=1S/C45H64N4O7S/c1-8-30(4)36(26-40(50)38-16-12-13-21-48(38)6)44(53)49(22-23-56-7)39(29(2)3)27-41(51)43-47-37(28-57-43)42(52)46-35(24-31(5)45(54)55)25-32-17-19-34(20-18-32)33-14-10-9-11-15-33/h9-11,14-15,17-20,28-31,35-36,38-39,41,51H,8,12-13,16,21-27H2,1-7H3,(H,46,52)(H,54,55)/t30?,31-,35+,36?,38?,39+,41+/m0/s1. The summed E-state index contributed by atoms with van der Waals surface area (Å²) >= 11 is 1.17. The second-order valence-corrected chi connectivity index (χ2v) is 17.1. The molecule has 57 heavy (non-hydrogen) atoms. The number of carbonyl (C=O) groups is 4. The van der Waals surface area contributed by atoms with Crippen LogP contribution in [0.4, 0.5) is 0 Å². The highest BCUT2D eigenvalue weighted by atomic mass is 32.1. The van der Waals surface area contributed by atoms with Crippen molar-refractivity contribution < 1.29 is 34.1 Å². The van der Waals surface area contributed by atoms with E-state index in [0.29, 0.717) is 24.6 Å². The van der Waals surface area contributed by atoms with Crippen LogP contribution < -0.4 is 5.32 Å². The first-order valence-electron chi connectivity index (χ1n) is 20.6. The Morgan fingerprint density at radius 3 is 2.30 bits per heavy atom. The number of aromatic nitrogens is 1. The number of ether oxygens (including phenoxy) is 1. The fourth-order valence-electron chi connectivity index (χ4n) is 7.86. The number of aliphatic carboxylic acids is 1. The van der Waals surface area contributed by atoms with Crippen molar-refractivity contribution in [2.24, 2.45) is 23.7 Å². The molecule has 7 atom stereocenters. The molecule has 4 rings (SSSR count). The molecule has 3 aromatic rings. The van der Waals surface area contributed by atoms with Crippen LogP contribution in [0.3, 0.4) is 0 Å². The third kappa shape index (κ3) is 13.0. The van der Waals surface area contributed by atoms with Crippen LogP contribution in [0.25, 0.3) is 11.1 Å². The number of aliphatic hydroxyl groups is 1. The fraction of sp³-hybridized carbons (Fsp3) is 0.578. The number of amides is 2. The summed E-state index contributed by atoms with van der Waals surface area (Å²) in [6.45, 7) is 11.2. The van der Waals surface area contributed by atoms with Gasteiger partial charge in [-0.1, -0.05) is 102 Å². The zero-order chi connectivity index (χ0) is 41.6. The Labute approximate surface area is 343 Å². The van der Waals surface area contributed by atoms with E-state index in [2.05, 4.69) is 15.2 Å². The molecular weight excluding hydrogens is 741 g/mol. The maximum absolute atomic E-state index is 14.6. The van der Waals surface area contributed by atoms with Gasteiger partial charge >= 0.3 is 5.97 Å². The predicted molar refractivity (Wildman–Crippen MR) is 225 cm³/mol. The highest BCUT2D eigenvalue weighted by Gasteiger charge is 2.38. The molecule has 0 bridgehead atoms. The lowest BCUT2D eigenvalue weighted by Crippen LogP contribution is -2.50. The molecule has 0 radical (unpaired) electrons. The number of Topliss-reactive ketones (excluding diaryl/α,β-unsaturated/α-hetero) is 1. The van der Waals surface area contributed by atoms with Crippen LogP contribution in [0, 0.1) is 23.7 Å². The van der Waals surface area contributed by atoms with Gasteiger partial charge in [0.25, 0.3) is 5.91 Å². The highest BCUT2D eigenvalue weighted by Crippen LogP contribution is 2.32. The monoisotopic (exact) mass is 804 g/mol. The third-order valence-electron chi connectivity index (χ3n) is 11.6. The maximum Gasteiger partial charge on any atom is 0.306 e. The molecule has 1 fully saturated rings. The highest BCUT2D eigenvalue weighted by molar-refractivity contribution is 7.09. The van der Waals surface area contributed by atoms with E-state index in [1.807, 2.05) is 89.3 Å². The summed E-state index contributed by atoms with van der Waals surface area (Å²) in [4.78, 5) is 62.1. The van der Waals surface area contributed by atoms with Crippen molar-refractivity contribution in [3.8, 4) is 11.1 Å². The predicted octanol–water partition coefficient (Wildman–Crippen LogP) is 7.29. The lowest BCUT2D eigenvalue weighted by Gasteiger charge is -2.39. The van der Waals surface area contributed by atoms with E-state index < -0.39 is 41.9 Å². The number of methoxy groups -OCH3 is 1. The van der Waals surface area contributed by atoms with Gasteiger partial charge in [-0.2, -0.15) is 0 Å². The van der Waals surface area contributed by atoms with Crippen molar-refractivity contribution in [3.63, 3.8) is 0 Å². The second-order valence-electron chi connectivity index (χ2n) is 16.2. The van der Waals surface area contributed by atoms with Gasteiger partial charge < -0.3 is 25.2 Å². The van der Waals surface area contributed by atoms with Gasteiger partial charge in [0.2, 0.25) is 5.91 Å². The van der Waals surface area contributed by atoms with Gasteiger partial charge in [0.05, 0.1) is 18.6 Å². The van der Waals surface area contributed by atoms with Gasteiger partial charge in [0.1, 0.15) is 16.8 Å². The van der Waals surface area contributed by atoms with E-state index in [-0.39, 0.29) is 54.5 Å². The first-order valence-corrected chi connectivity index (χ1v) is 21.5. The summed E-state index contributed by atoms with van der Waals surface area (Å²) in [5.74, 6) is -2.63. The summed E-state index contributed by atoms with van der Waals surface area (Å²) in [6, 6.07) is 17.0. The molecule has 1 aliphatic heterocycles. The lowest BCUT2D eigenvalue weighted by molar-refractivity contribution is -0.145. The SMILES string of the molecule is CCC(C)C(CC(=O)C1CCCCN1C)C(=O)N(CCOC)[C@H](C[C@@H](O)c1nc(C(=O)N[C@@H](Cc2ccc(-c3ccccc3)cc2)C[C@H](C)C(=O)O)cs1)C(C)C. The number of nitrogens with one attached hydrogen (secondary N) is 1. The molecule has 1 saturated heterocycles. The topological polar surface area (TPSA) is 149 Å². The second kappa shape index (κ2) is 22.3. The Kier molecular flexibility index (Phi) is 17.9. The van der Waals surface area contributed by atoms with Crippen LogP contribution in [-0.4, -0.2) is 101 Å². The van der Waals surface area contributed by atoms with E-state index in [9.17, 15) is 29.4 Å². The summed E-state index contributed by atoms with van der Waals surface area (Å²) in [5, 5.41) is 26.3. The van der Waals surface area contributed by atoms with Crippen LogP contribution in [-0.2, 0) is 25.5 Å². The number of ketones is 1. The number of benzene rings is 2. The number of carbonyl (C=O) groups excluding carboxylic acids is 3. The molecule has 2 heterocycles. The molecule has 11 nitrogen and oxygen atoms in total. The number of hydrogen-bond donors (Lipinski definition) is 3. The number of rotatable bonds is 22. The molecule has 312 valence electrons. The summed E-state index contributed by atoms with van der Waals surface area (Å²) in [7, 11) is 3.58. The summed E-state index contributed by atoms with van der Waals surface area (Å²) in [6.07, 6.45) is 3.59. The molecule has 1 aromatic heterocycles. The van der Waals surface area contributed by atoms with Crippen LogP contribution in [0.2, 0.25) is 0 Å². The number of aliphatic hydroxyl groups excluding tert-OH is 1. The first kappa shape index (κ1) is 45.7. The average molecular weight is 805 g/mol. The largest absolute Gasteiger partial charge is 0.481 e. The quantitative estimate of drug-likeness (QED) is 0.0952. The van der Waals surface area contributed by atoms with Crippen molar-refractivity contribution in [3.05, 3.63) is 76.2 Å². The van der Waals surface area contributed by atoms with E-state index in [1.165, 1.54) is 11.3 Å². The molecule has 0 aliphatic carbocycles. The van der Waals surface area contributed by atoms with Gasteiger partial charge in [0.15, 0.2) is 5.78 Å². The summed E-state index contributed by atoms with van der Waals surface area (Å²) < 4.78 is 5.44. The van der Waals surface area contributed by atoms with Gasteiger partial charge in [-0.3, -0.25) is 24.1 Å². The number of nitrogens with zero attached hydrogens (tertiary/aromatic N) is 3. The van der Waals surface area contributed by atoms with E-state index >= 15 is 0 Å². The Hall–Kier alpha value is -3.97. The number of carboxylic acids is 1. The van der Waals surface area contributed by atoms with E-state index in [1.54, 1.807) is 24.3 Å². The number of likely N-dealkylation sites (N-methyl/N-ethyl adjacent to an activating group) is 1. The van der Waals surface area contributed by atoms with Crippen LogP contribution >= 0.6 is 11.3 Å². The number of thiazole rings is 1. The van der Waals surface area contributed by atoms with Gasteiger partial charge in [-0.05, 0) is 67.8 Å².